The number of halogens is 7. The van der Waals surface area contributed by atoms with E-state index in [-0.39, 0.29) is 36.0 Å². The number of ether oxygens (including phenoxy) is 1. The van der Waals surface area contributed by atoms with Crippen LogP contribution in [0.15, 0.2) is 48.0 Å². The minimum atomic E-state index is -4.64. The highest BCUT2D eigenvalue weighted by Crippen LogP contribution is 2.37. The van der Waals surface area contributed by atoms with E-state index in [9.17, 15) is 45.1 Å². The van der Waals surface area contributed by atoms with E-state index in [1.807, 2.05) is 18.9 Å². The Morgan fingerprint density at radius 1 is 1.10 bits per heavy atom. The Morgan fingerprint density at radius 2 is 1.82 bits per heavy atom. The molecule has 4 heterocycles. The SMILES string of the molecule is CCC[C@@H]1[C@H](C=O)CCCN1C(=O)c1ncccc1C(F)(F)F.CN1CCc2cc(F)ccc2C1CC(=O)O.COc1csc(C(F)(F)F)c1. The van der Waals surface area contributed by atoms with Crippen molar-refractivity contribution in [3.63, 3.8) is 0 Å². The van der Waals surface area contributed by atoms with Gasteiger partial charge in [0.2, 0.25) is 0 Å². The maximum Gasteiger partial charge on any atom is 0.425 e. The van der Waals surface area contributed by atoms with Gasteiger partial charge in [0, 0.05) is 48.7 Å². The molecule has 16 heteroatoms. The van der Waals surface area contributed by atoms with Gasteiger partial charge in [0.25, 0.3) is 5.91 Å². The number of methoxy groups -OCH3 is 1. The van der Waals surface area contributed by atoms with Crippen LogP contribution in [0.4, 0.5) is 30.7 Å². The van der Waals surface area contributed by atoms with E-state index in [1.165, 1.54) is 35.7 Å². The van der Waals surface area contributed by atoms with Crippen molar-refractivity contribution in [1.29, 1.82) is 0 Å². The number of aliphatic carboxylic acids is 1. The molecule has 2 aliphatic rings. The van der Waals surface area contributed by atoms with Crippen LogP contribution in [0.25, 0.3) is 0 Å². The summed E-state index contributed by atoms with van der Waals surface area (Å²) in [6.07, 6.45) is -3.47. The summed E-state index contributed by atoms with van der Waals surface area (Å²) < 4.78 is 92.6. The quantitative estimate of drug-likeness (QED) is 0.195. The molecule has 0 saturated carbocycles. The molecule has 1 unspecified atom stereocenters. The molecule has 2 aromatic heterocycles. The van der Waals surface area contributed by atoms with Gasteiger partial charge in [-0.1, -0.05) is 19.4 Å². The van der Waals surface area contributed by atoms with E-state index in [4.69, 9.17) is 5.11 Å². The zero-order valence-corrected chi connectivity index (χ0v) is 28.4. The average Bonchev–Trinajstić information content (AvgIpc) is 3.57. The predicted molar refractivity (Wildman–Crippen MR) is 171 cm³/mol. The van der Waals surface area contributed by atoms with Crippen LogP contribution in [0.2, 0.25) is 0 Å². The Bertz CT molecular complexity index is 1600. The minimum Gasteiger partial charge on any atom is -0.496 e. The van der Waals surface area contributed by atoms with E-state index in [1.54, 1.807) is 6.07 Å². The Balaban J connectivity index is 0.000000217. The van der Waals surface area contributed by atoms with Gasteiger partial charge in [-0.25, -0.2) is 4.39 Å². The largest absolute Gasteiger partial charge is 0.496 e. The van der Waals surface area contributed by atoms with Crippen molar-refractivity contribution in [3.8, 4) is 5.75 Å². The van der Waals surface area contributed by atoms with E-state index in [0.717, 1.165) is 55.0 Å². The summed E-state index contributed by atoms with van der Waals surface area (Å²) in [4.78, 5) is 41.1. The first kappa shape index (κ1) is 40.4. The second-order valence-electron chi connectivity index (χ2n) is 11.7. The number of likely N-dealkylation sites (N-methyl/N-ethyl adjacent to an activating group) is 1. The topological polar surface area (TPSA) is 100 Å². The predicted octanol–water partition coefficient (Wildman–Crippen LogP) is 7.93. The van der Waals surface area contributed by atoms with E-state index >= 15 is 0 Å². The lowest BCUT2D eigenvalue weighted by Crippen LogP contribution is -2.49. The number of carbonyl (C=O) groups excluding carboxylic acids is 2. The van der Waals surface area contributed by atoms with Crippen LogP contribution >= 0.6 is 11.3 Å². The van der Waals surface area contributed by atoms with Crippen molar-refractivity contribution in [2.24, 2.45) is 5.92 Å². The Labute approximate surface area is 288 Å². The number of amides is 1. The number of hydrogen-bond acceptors (Lipinski definition) is 7. The average molecular weight is 734 g/mol. The number of alkyl halides is 6. The van der Waals surface area contributed by atoms with Gasteiger partial charge in [-0.3, -0.25) is 19.5 Å². The van der Waals surface area contributed by atoms with Crippen molar-refractivity contribution in [2.75, 3.05) is 27.2 Å². The summed E-state index contributed by atoms with van der Waals surface area (Å²) in [7, 11) is 3.24. The van der Waals surface area contributed by atoms with E-state index in [2.05, 4.69) is 9.72 Å². The molecule has 274 valence electrons. The molecule has 1 aromatic carbocycles. The normalized spacial score (nSPS) is 19.2. The van der Waals surface area contributed by atoms with Gasteiger partial charge < -0.3 is 19.5 Å². The third-order valence-electron chi connectivity index (χ3n) is 8.36. The van der Waals surface area contributed by atoms with Gasteiger partial charge in [0.1, 0.15) is 28.4 Å². The fourth-order valence-corrected chi connectivity index (χ4v) is 6.64. The van der Waals surface area contributed by atoms with Crippen LogP contribution in [0.3, 0.4) is 0 Å². The molecule has 1 N–H and O–H groups in total. The highest BCUT2D eigenvalue weighted by Gasteiger charge is 2.40. The number of aromatic nitrogens is 1. The van der Waals surface area contributed by atoms with Crippen molar-refractivity contribution < 1.29 is 55.0 Å². The third-order valence-corrected chi connectivity index (χ3v) is 9.31. The van der Waals surface area contributed by atoms with Gasteiger partial charge in [-0.15, -0.1) is 11.3 Å². The van der Waals surface area contributed by atoms with Crippen LogP contribution in [0.1, 0.15) is 77.1 Å². The number of rotatable bonds is 7. The molecular formula is C34H38F7N3O5S. The van der Waals surface area contributed by atoms with Gasteiger partial charge in [-0.2, -0.15) is 26.3 Å². The number of thiophene rings is 1. The van der Waals surface area contributed by atoms with E-state index in [0.29, 0.717) is 37.1 Å². The molecule has 2 aliphatic heterocycles. The molecule has 50 heavy (non-hydrogen) atoms. The number of carboxylic acids is 1. The van der Waals surface area contributed by atoms with Gasteiger partial charge in [0.05, 0.1) is 19.1 Å². The molecule has 0 bridgehead atoms. The molecule has 0 radical (unpaired) electrons. The summed E-state index contributed by atoms with van der Waals surface area (Å²) in [5.74, 6) is -1.90. The highest BCUT2D eigenvalue weighted by molar-refractivity contribution is 7.10. The monoisotopic (exact) mass is 733 g/mol. The Morgan fingerprint density at radius 3 is 2.38 bits per heavy atom. The maximum absolute atomic E-state index is 13.1. The maximum atomic E-state index is 13.1. The second-order valence-corrected chi connectivity index (χ2v) is 12.6. The van der Waals surface area contributed by atoms with Gasteiger partial charge >= 0.3 is 18.3 Å². The first-order chi connectivity index (χ1) is 23.5. The second kappa shape index (κ2) is 17.7. The van der Waals surface area contributed by atoms with Gasteiger partial charge in [-0.05, 0) is 68.1 Å². The van der Waals surface area contributed by atoms with E-state index < -0.39 is 40.4 Å². The summed E-state index contributed by atoms with van der Waals surface area (Å²) in [5, 5.41) is 10.2. The summed E-state index contributed by atoms with van der Waals surface area (Å²) >= 11 is 0.631. The van der Waals surface area contributed by atoms with Crippen molar-refractivity contribution in [3.05, 3.63) is 81.1 Å². The molecule has 0 aliphatic carbocycles. The fraction of sp³-hybridized carbons (Fsp3) is 0.471. The smallest absolute Gasteiger partial charge is 0.425 e. The number of pyridine rings is 1. The standard InChI is InChI=1S/C16H19F3N2O2.C12H14FNO2.C6H5F3OS/c1-2-5-13-11(10-22)6-4-9-21(13)15(23)14-12(16(17,18)19)7-3-8-20-14;1-14-5-4-8-6-9(13)2-3-10(8)11(14)7-12(15)16;1-10-4-2-5(11-3-4)6(7,8)9/h3,7-8,10-11,13H,2,4-6,9H2,1H3;2-3,6,11H,4-5,7H2,1H3,(H,15,16);2-3H,1H3/t11-,13+;;/m0../s1. The summed E-state index contributed by atoms with van der Waals surface area (Å²) in [6, 6.07) is 7.11. The number of nitrogens with zero attached hydrogens (tertiary/aromatic N) is 3. The number of piperidine rings is 1. The number of hydrogen-bond donors (Lipinski definition) is 1. The molecule has 3 atom stereocenters. The fourth-order valence-electron chi connectivity index (χ4n) is 5.92. The lowest BCUT2D eigenvalue weighted by atomic mass is 9.87. The first-order valence-electron chi connectivity index (χ1n) is 15.7. The minimum absolute atomic E-state index is 0.0646. The van der Waals surface area contributed by atoms with Crippen LogP contribution < -0.4 is 4.74 Å². The summed E-state index contributed by atoms with van der Waals surface area (Å²) in [5.41, 5.74) is 0.253. The van der Waals surface area contributed by atoms with Crippen LogP contribution in [-0.4, -0.2) is 71.3 Å². The van der Waals surface area contributed by atoms with Crippen molar-refractivity contribution in [1.82, 2.24) is 14.8 Å². The first-order valence-corrected chi connectivity index (χ1v) is 16.6. The molecule has 8 nitrogen and oxygen atoms in total. The van der Waals surface area contributed by atoms with Crippen LogP contribution in [-0.2, 0) is 28.4 Å². The van der Waals surface area contributed by atoms with Crippen LogP contribution in [0.5, 0.6) is 5.75 Å². The highest BCUT2D eigenvalue weighted by atomic mass is 32.1. The zero-order chi connectivity index (χ0) is 37.2. The van der Waals surface area contributed by atoms with Crippen molar-refractivity contribution in [2.45, 2.75) is 69.9 Å². The molecule has 3 aromatic rings. The number of likely N-dealkylation sites (tertiary alicyclic amines) is 1. The molecule has 0 spiro atoms. The summed E-state index contributed by atoms with van der Waals surface area (Å²) in [6.45, 7) is 3.04. The third kappa shape index (κ3) is 10.7. The number of fused-ring (bicyclic) bond motifs is 1. The lowest BCUT2D eigenvalue weighted by molar-refractivity contribution is -0.139. The van der Waals surface area contributed by atoms with Crippen molar-refractivity contribution >= 4 is 29.5 Å². The van der Waals surface area contributed by atoms with Crippen LogP contribution in [0, 0.1) is 11.7 Å². The molecule has 1 fully saturated rings. The number of aldehydes is 1. The molecule has 5 rings (SSSR count). The number of carboxylic acid groups (broad SMARTS) is 1. The number of carbonyl (C=O) groups is 3. The molecule has 1 amide bonds. The molecule has 1 saturated heterocycles. The molecular weight excluding hydrogens is 695 g/mol. The zero-order valence-electron chi connectivity index (χ0n) is 27.6. The number of benzene rings is 1. The van der Waals surface area contributed by atoms with Gasteiger partial charge in [0.15, 0.2) is 0 Å². The Kier molecular flexibility index (Phi) is 14.3. The Hall–Kier alpha value is -4.05. The lowest BCUT2D eigenvalue weighted by Gasteiger charge is -2.39.